The topological polar surface area (TPSA) is 0 Å². The maximum atomic E-state index is 13.0. The van der Waals surface area contributed by atoms with E-state index in [1.807, 2.05) is 0 Å². The van der Waals surface area contributed by atoms with Crippen molar-refractivity contribution in [1.82, 2.24) is 0 Å². The molecule has 3 aliphatic carbocycles. The lowest BCUT2D eigenvalue weighted by Gasteiger charge is -2.74. The lowest BCUT2D eigenvalue weighted by atomic mass is 9.31. The van der Waals surface area contributed by atoms with Gasteiger partial charge in [0.25, 0.3) is 5.92 Å². The Morgan fingerprint density at radius 3 is 1.83 bits per heavy atom. The molecule has 0 nitrogen and oxygen atoms in total. The van der Waals surface area contributed by atoms with Gasteiger partial charge >= 0.3 is 0 Å². The predicted molar refractivity (Wildman–Crippen MR) is 44.2 cm³/mol. The second-order valence-electron chi connectivity index (χ2n) is 5.22. The molecular weight excluding hydrogens is 158 g/mol. The van der Waals surface area contributed by atoms with Crippen LogP contribution in [0.5, 0.6) is 0 Å². The Hall–Kier alpha value is -0.140. The first kappa shape index (κ1) is 8.46. The molecule has 0 aromatic heterocycles. The van der Waals surface area contributed by atoms with Crippen LogP contribution < -0.4 is 0 Å². The van der Waals surface area contributed by atoms with E-state index >= 15 is 0 Å². The Balaban J connectivity index is 2.05. The first-order valence-electron chi connectivity index (χ1n) is 4.69. The van der Waals surface area contributed by atoms with E-state index in [0.717, 1.165) is 26.2 Å². The van der Waals surface area contributed by atoms with Crippen LogP contribution in [-0.4, -0.2) is 5.92 Å². The average molecular weight is 174 g/mol. The summed E-state index contributed by atoms with van der Waals surface area (Å²) < 4.78 is 26.0. The lowest BCUT2D eigenvalue weighted by molar-refractivity contribution is -0.323. The molecule has 0 unspecified atom stereocenters. The van der Waals surface area contributed by atoms with Crippen LogP contribution in [0.1, 0.15) is 40.0 Å². The minimum Gasteiger partial charge on any atom is -0.207 e. The zero-order valence-corrected chi connectivity index (χ0v) is 7.95. The molecule has 12 heavy (non-hydrogen) atoms. The van der Waals surface area contributed by atoms with Gasteiger partial charge in [-0.3, -0.25) is 0 Å². The Morgan fingerprint density at radius 2 is 1.58 bits per heavy atom. The van der Waals surface area contributed by atoms with Gasteiger partial charge in [0.1, 0.15) is 0 Å². The Bertz CT molecular complexity index is 193. The van der Waals surface area contributed by atoms with Crippen LogP contribution >= 0.6 is 0 Å². The van der Waals surface area contributed by atoms with E-state index in [1.165, 1.54) is 0 Å². The summed E-state index contributed by atoms with van der Waals surface area (Å²) in [6, 6.07) is 0. The van der Waals surface area contributed by atoms with Crippen LogP contribution in [0.15, 0.2) is 0 Å². The highest BCUT2D eigenvalue weighted by Crippen LogP contribution is 2.80. The number of hydrogen-bond acceptors (Lipinski definition) is 0. The van der Waals surface area contributed by atoms with E-state index < -0.39 is 11.3 Å². The van der Waals surface area contributed by atoms with Crippen LogP contribution in [0.3, 0.4) is 0 Å². The van der Waals surface area contributed by atoms with Gasteiger partial charge in [-0.15, -0.1) is 0 Å². The van der Waals surface area contributed by atoms with Crippen molar-refractivity contribution >= 4 is 0 Å². The van der Waals surface area contributed by atoms with Crippen molar-refractivity contribution in [3.63, 3.8) is 0 Å². The van der Waals surface area contributed by atoms with Crippen LogP contribution in [0.4, 0.5) is 8.78 Å². The zero-order valence-electron chi connectivity index (χ0n) is 7.95. The molecule has 3 saturated carbocycles. The summed E-state index contributed by atoms with van der Waals surface area (Å²) in [7, 11) is 0. The van der Waals surface area contributed by atoms with Crippen molar-refractivity contribution in [3.05, 3.63) is 0 Å². The van der Waals surface area contributed by atoms with E-state index in [-0.39, 0.29) is 0 Å². The first-order valence-corrected chi connectivity index (χ1v) is 4.69. The molecule has 0 heterocycles. The third-order valence-corrected chi connectivity index (χ3v) is 4.23. The summed E-state index contributed by atoms with van der Waals surface area (Å²) in [4.78, 5) is 0. The van der Waals surface area contributed by atoms with Crippen molar-refractivity contribution in [1.29, 1.82) is 0 Å². The van der Waals surface area contributed by atoms with Gasteiger partial charge in [0.15, 0.2) is 0 Å². The van der Waals surface area contributed by atoms with Crippen molar-refractivity contribution in [2.45, 2.75) is 46.0 Å². The summed E-state index contributed by atoms with van der Waals surface area (Å²) in [6.07, 6.45) is 2.30. The summed E-state index contributed by atoms with van der Waals surface area (Å²) in [5.74, 6) is -1.86. The molecule has 0 N–H and O–H groups in total. The second kappa shape index (κ2) is 1.85. The molecule has 0 radical (unpaired) electrons. The average Bonchev–Trinajstić information content (AvgIpc) is 1.46. The zero-order chi connectivity index (χ0) is 9.20. The van der Waals surface area contributed by atoms with E-state index in [0.29, 0.717) is 11.3 Å². The normalized spacial score (nSPS) is 45.5. The maximum Gasteiger partial charge on any atom is 0.250 e. The lowest BCUT2D eigenvalue weighted by Crippen LogP contribution is -2.70. The maximum absolute atomic E-state index is 13.0. The summed E-state index contributed by atoms with van der Waals surface area (Å²) in [5, 5.41) is 0. The largest absolute Gasteiger partial charge is 0.250 e. The molecule has 0 aliphatic heterocycles. The molecule has 0 amide bonds. The molecule has 3 rings (SSSR count). The molecule has 70 valence electrons. The molecule has 0 spiro atoms. The minimum absolute atomic E-state index is 0.305. The Morgan fingerprint density at radius 1 is 1.17 bits per heavy atom. The van der Waals surface area contributed by atoms with E-state index in [4.69, 9.17) is 0 Å². The highest BCUT2D eigenvalue weighted by Gasteiger charge is 2.76. The SMILES string of the molecule is CC(C)C12CC(C(C)(F)F)(C1)C2. The van der Waals surface area contributed by atoms with Gasteiger partial charge in [0.2, 0.25) is 0 Å². The summed E-state index contributed by atoms with van der Waals surface area (Å²) in [6.45, 7) is 5.38. The molecule has 2 bridgehead atoms. The van der Waals surface area contributed by atoms with Gasteiger partial charge in [-0.05, 0) is 37.5 Å². The summed E-state index contributed by atoms with van der Waals surface area (Å²) >= 11 is 0. The van der Waals surface area contributed by atoms with Crippen molar-refractivity contribution in [2.24, 2.45) is 16.7 Å². The fraction of sp³-hybridized carbons (Fsp3) is 1.00. The molecule has 0 aromatic carbocycles. The van der Waals surface area contributed by atoms with E-state index in [1.54, 1.807) is 0 Å². The standard InChI is InChI=1S/C10H16F2/c1-7(2)9-4-10(5-9,6-9)8(3,11)12/h7H,4-6H2,1-3H3. The van der Waals surface area contributed by atoms with Crippen LogP contribution in [0, 0.1) is 16.7 Å². The highest BCUT2D eigenvalue weighted by atomic mass is 19.3. The molecule has 2 heteroatoms. The van der Waals surface area contributed by atoms with Gasteiger partial charge in [-0.2, -0.15) is 0 Å². The molecule has 0 saturated heterocycles. The van der Waals surface area contributed by atoms with Crippen LogP contribution in [0.25, 0.3) is 0 Å². The summed E-state index contributed by atoms with van der Waals surface area (Å²) in [5.41, 5.74) is -0.281. The molecule has 0 aromatic rings. The van der Waals surface area contributed by atoms with Gasteiger partial charge in [0, 0.05) is 5.41 Å². The molecule has 0 atom stereocenters. The van der Waals surface area contributed by atoms with E-state index in [9.17, 15) is 8.78 Å². The minimum atomic E-state index is -2.44. The van der Waals surface area contributed by atoms with Crippen molar-refractivity contribution < 1.29 is 8.78 Å². The quantitative estimate of drug-likeness (QED) is 0.601. The smallest absolute Gasteiger partial charge is 0.207 e. The first-order chi connectivity index (χ1) is 5.31. The molecule has 3 aliphatic rings. The Kier molecular flexibility index (Phi) is 1.31. The highest BCUT2D eigenvalue weighted by molar-refractivity contribution is 5.21. The van der Waals surface area contributed by atoms with Gasteiger partial charge < -0.3 is 0 Å². The molecule has 3 fully saturated rings. The van der Waals surface area contributed by atoms with Crippen LogP contribution in [-0.2, 0) is 0 Å². The van der Waals surface area contributed by atoms with Crippen LogP contribution in [0.2, 0.25) is 0 Å². The number of halogens is 2. The fourth-order valence-electron chi connectivity index (χ4n) is 2.94. The van der Waals surface area contributed by atoms with Gasteiger partial charge in [0.05, 0.1) is 0 Å². The fourth-order valence-corrected chi connectivity index (χ4v) is 2.94. The molecular formula is C10H16F2. The Labute approximate surface area is 72.3 Å². The number of alkyl halides is 2. The number of hydrogen-bond donors (Lipinski definition) is 0. The monoisotopic (exact) mass is 174 g/mol. The van der Waals surface area contributed by atoms with E-state index in [2.05, 4.69) is 13.8 Å². The van der Waals surface area contributed by atoms with Crippen molar-refractivity contribution in [2.75, 3.05) is 0 Å². The van der Waals surface area contributed by atoms with Gasteiger partial charge in [-0.25, -0.2) is 8.78 Å². The third kappa shape index (κ3) is 0.717. The van der Waals surface area contributed by atoms with Crippen molar-refractivity contribution in [3.8, 4) is 0 Å². The number of rotatable bonds is 2. The second-order valence-corrected chi connectivity index (χ2v) is 5.22. The third-order valence-electron chi connectivity index (χ3n) is 4.23. The van der Waals surface area contributed by atoms with Gasteiger partial charge in [-0.1, -0.05) is 13.8 Å². The predicted octanol–water partition coefficient (Wildman–Crippen LogP) is 3.47.